The first-order valence-corrected chi connectivity index (χ1v) is 7.28. The molecule has 1 N–H and O–H groups in total. The first-order valence-electron chi connectivity index (χ1n) is 7.28. The topological polar surface area (TPSA) is 18.5 Å². The van der Waals surface area contributed by atoms with E-state index in [0.29, 0.717) is 0 Å². The van der Waals surface area contributed by atoms with Gasteiger partial charge in [-0.25, -0.2) is 0 Å². The van der Waals surface area contributed by atoms with Crippen LogP contribution in [0.25, 0.3) is 0 Å². The molecule has 3 unspecified atom stereocenters. The molecule has 3 nitrogen and oxygen atoms in total. The maximum absolute atomic E-state index is 3.48. The average Bonchev–Trinajstić information content (AvgIpc) is 2.76. The number of nitrogens with one attached hydrogen (secondary N) is 1. The molecule has 1 aliphatic heterocycles. The summed E-state index contributed by atoms with van der Waals surface area (Å²) in [6.07, 6.45) is 8.36. The molecule has 0 aromatic rings. The zero-order valence-electron chi connectivity index (χ0n) is 11.8. The first-order chi connectivity index (χ1) is 8.20. The highest BCUT2D eigenvalue weighted by atomic mass is 15.2. The van der Waals surface area contributed by atoms with Crippen LogP contribution in [-0.4, -0.2) is 62.2 Å². The molecular weight excluding hydrogens is 210 g/mol. The SMILES string of the molecule is CNC1CCCC(N2CCCC2CN(C)C)C1. The highest BCUT2D eigenvalue weighted by Crippen LogP contribution is 2.29. The Morgan fingerprint density at radius 3 is 2.71 bits per heavy atom. The van der Waals surface area contributed by atoms with Crippen LogP contribution in [0.5, 0.6) is 0 Å². The molecule has 3 atom stereocenters. The monoisotopic (exact) mass is 239 g/mol. The maximum atomic E-state index is 3.48. The molecule has 2 rings (SSSR count). The minimum absolute atomic E-state index is 0.759. The Balaban J connectivity index is 1.90. The van der Waals surface area contributed by atoms with Crippen molar-refractivity contribution in [3.05, 3.63) is 0 Å². The van der Waals surface area contributed by atoms with E-state index in [4.69, 9.17) is 0 Å². The van der Waals surface area contributed by atoms with E-state index < -0.39 is 0 Å². The van der Waals surface area contributed by atoms with Crippen LogP contribution in [0.1, 0.15) is 38.5 Å². The predicted octanol–water partition coefficient (Wildman–Crippen LogP) is 1.54. The van der Waals surface area contributed by atoms with Gasteiger partial charge in [-0.15, -0.1) is 0 Å². The summed E-state index contributed by atoms with van der Waals surface area (Å²) in [6, 6.07) is 2.41. The lowest BCUT2D eigenvalue weighted by molar-refractivity contribution is 0.112. The van der Waals surface area contributed by atoms with E-state index in [-0.39, 0.29) is 0 Å². The summed E-state index contributed by atoms with van der Waals surface area (Å²) in [5, 5.41) is 3.48. The molecule has 0 aromatic heterocycles. The van der Waals surface area contributed by atoms with Crippen molar-refractivity contribution in [3.63, 3.8) is 0 Å². The van der Waals surface area contributed by atoms with Gasteiger partial charge in [-0.1, -0.05) is 6.42 Å². The van der Waals surface area contributed by atoms with Gasteiger partial charge in [0.1, 0.15) is 0 Å². The zero-order chi connectivity index (χ0) is 12.3. The van der Waals surface area contributed by atoms with Crippen molar-refractivity contribution in [2.24, 2.45) is 0 Å². The lowest BCUT2D eigenvalue weighted by Crippen LogP contribution is -2.48. The number of nitrogens with zero attached hydrogens (tertiary/aromatic N) is 2. The Hall–Kier alpha value is -0.120. The van der Waals surface area contributed by atoms with Crippen LogP contribution in [0.4, 0.5) is 0 Å². The van der Waals surface area contributed by atoms with E-state index in [2.05, 4.69) is 36.3 Å². The summed E-state index contributed by atoms with van der Waals surface area (Å²) < 4.78 is 0. The molecule has 1 saturated carbocycles. The maximum Gasteiger partial charge on any atom is 0.0226 e. The van der Waals surface area contributed by atoms with Crippen molar-refractivity contribution in [1.29, 1.82) is 0 Å². The normalized spacial score (nSPS) is 35.6. The second kappa shape index (κ2) is 6.17. The largest absolute Gasteiger partial charge is 0.317 e. The molecule has 0 aromatic carbocycles. The van der Waals surface area contributed by atoms with Gasteiger partial charge in [0.25, 0.3) is 0 Å². The van der Waals surface area contributed by atoms with Crippen LogP contribution in [0.2, 0.25) is 0 Å². The van der Waals surface area contributed by atoms with Gasteiger partial charge in [0.2, 0.25) is 0 Å². The van der Waals surface area contributed by atoms with Crippen molar-refractivity contribution in [3.8, 4) is 0 Å². The molecule has 2 fully saturated rings. The van der Waals surface area contributed by atoms with Crippen LogP contribution >= 0.6 is 0 Å². The number of hydrogen-bond acceptors (Lipinski definition) is 3. The summed E-state index contributed by atoms with van der Waals surface area (Å²) >= 11 is 0. The van der Waals surface area contributed by atoms with Crippen LogP contribution in [0, 0.1) is 0 Å². The van der Waals surface area contributed by atoms with Crippen molar-refractivity contribution in [2.75, 3.05) is 34.2 Å². The minimum Gasteiger partial charge on any atom is -0.317 e. The molecule has 1 heterocycles. The lowest BCUT2D eigenvalue weighted by atomic mass is 9.89. The first kappa shape index (κ1) is 13.3. The third-order valence-electron chi connectivity index (χ3n) is 4.52. The number of likely N-dealkylation sites (tertiary alicyclic amines) is 1. The molecule has 2 aliphatic rings. The second-order valence-electron chi connectivity index (χ2n) is 6.10. The van der Waals surface area contributed by atoms with Gasteiger partial charge in [-0.05, 0) is 59.8 Å². The van der Waals surface area contributed by atoms with Gasteiger partial charge in [-0.3, -0.25) is 4.90 Å². The Bertz CT molecular complexity index is 230. The summed E-state index contributed by atoms with van der Waals surface area (Å²) in [5.41, 5.74) is 0. The van der Waals surface area contributed by atoms with Crippen molar-refractivity contribution < 1.29 is 0 Å². The van der Waals surface area contributed by atoms with E-state index in [1.807, 2.05) is 0 Å². The summed E-state index contributed by atoms with van der Waals surface area (Å²) in [5.74, 6) is 0. The standard InChI is InChI=1S/C14H29N3/c1-15-12-6-4-7-13(10-12)17-9-5-8-14(17)11-16(2)3/h12-15H,4-11H2,1-3H3. The fourth-order valence-electron chi connectivity index (χ4n) is 3.68. The minimum atomic E-state index is 0.759. The Morgan fingerprint density at radius 1 is 1.18 bits per heavy atom. The highest BCUT2D eigenvalue weighted by molar-refractivity contribution is 4.90. The zero-order valence-corrected chi connectivity index (χ0v) is 11.8. The molecule has 100 valence electrons. The van der Waals surface area contributed by atoms with Crippen LogP contribution in [0.3, 0.4) is 0 Å². The molecular formula is C14H29N3. The van der Waals surface area contributed by atoms with E-state index in [0.717, 1.165) is 18.1 Å². The summed E-state index contributed by atoms with van der Waals surface area (Å²) in [4.78, 5) is 5.16. The van der Waals surface area contributed by atoms with Crippen molar-refractivity contribution in [1.82, 2.24) is 15.1 Å². The molecule has 17 heavy (non-hydrogen) atoms. The van der Waals surface area contributed by atoms with Gasteiger partial charge in [0, 0.05) is 24.7 Å². The Morgan fingerprint density at radius 2 is 2.00 bits per heavy atom. The molecule has 1 saturated heterocycles. The highest BCUT2D eigenvalue weighted by Gasteiger charge is 2.33. The Kier molecular flexibility index (Phi) is 4.83. The third kappa shape index (κ3) is 3.43. The van der Waals surface area contributed by atoms with Crippen LogP contribution < -0.4 is 5.32 Å². The fraction of sp³-hybridized carbons (Fsp3) is 1.00. The Labute approximate surface area is 107 Å². The van der Waals surface area contributed by atoms with Crippen molar-refractivity contribution >= 4 is 0 Å². The molecule has 3 heteroatoms. The van der Waals surface area contributed by atoms with Crippen LogP contribution in [-0.2, 0) is 0 Å². The molecule has 0 spiro atoms. The summed E-state index contributed by atoms with van der Waals surface area (Å²) in [6.45, 7) is 2.57. The third-order valence-corrected chi connectivity index (χ3v) is 4.52. The van der Waals surface area contributed by atoms with Gasteiger partial charge in [0.15, 0.2) is 0 Å². The van der Waals surface area contributed by atoms with Gasteiger partial charge in [-0.2, -0.15) is 0 Å². The molecule has 0 amide bonds. The van der Waals surface area contributed by atoms with E-state index in [9.17, 15) is 0 Å². The van der Waals surface area contributed by atoms with E-state index in [1.54, 1.807) is 0 Å². The number of rotatable bonds is 4. The quantitative estimate of drug-likeness (QED) is 0.803. The lowest BCUT2D eigenvalue weighted by Gasteiger charge is -2.39. The van der Waals surface area contributed by atoms with Gasteiger partial charge >= 0.3 is 0 Å². The number of likely N-dealkylation sites (N-methyl/N-ethyl adjacent to an activating group) is 1. The van der Waals surface area contributed by atoms with Gasteiger partial charge < -0.3 is 10.2 Å². The van der Waals surface area contributed by atoms with Crippen molar-refractivity contribution in [2.45, 2.75) is 56.7 Å². The van der Waals surface area contributed by atoms with Crippen LogP contribution in [0.15, 0.2) is 0 Å². The average molecular weight is 239 g/mol. The van der Waals surface area contributed by atoms with E-state index >= 15 is 0 Å². The fourth-order valence-corrected chi connectivity index (χ4v) is 3.68. The van der Waals surface area contributed by atoms with Gasteiger partial charge in [0.05, 0.1) is 0 Å². The predicted molar refractivity (Wildman–Crippen MR) is 73.4 cm³/mol. The summed E-state index contributed by atoms with van der Waals surface area (Å²) in [7, 11) is 6.52. The molecule has 0 bridgehead atoms. The van der Waals surface area contributed by atoms with E-state index in [1.165, 1.54) is 51.6 Å². The smallest absolute Gasteiger partial charge is 0.0226 e. The number of hydrogen-bond donors (Lipinski definition) is 1. The molecule has 1 aliphatic carbocycles. The second-order valence-corrected chi connectivity index (χ2v) is 6.10. The molecule has 0 radical (unpaired) electrons.